The smallest absolute Gasteiger partial charge is 0.378 e. The fraction of sp³-hybridized carbons (Fsp3) is 0.636. The van der Waals surface area contributed by atoms with Crippen molar-refractivity contribution in [1.29, 1.82) is 0 Å². The van der Waals surface area contributed by atoms with E-state index in [1.165, 1.54) is 12.1 Å². The van der Waals surface area contributed by atoms with Crippen LogP contribution in [0.1, 0.15) is 18.1 Å². The van der Waals surface area contributed by atoms with E-state index in [0.717, 1.165) is 11.8 Å². The summed E-state index contributed by atoms with van der Waals surface area (Å²) in [6.07, 6.45) is -4.18. The van der Waals surface area contributed by atoms with Gasteiger partial charge < -0.3 is 19.9 Å². The second-order valence-corrected chi connectivity index (χ2v) is 8.54. The lowest BCUT2D eigenvalue weighted by molar-refractivity contribution is -0.138. The summed E-state index contributed by atoms with van der Waals surface area (Å²) in [6, 6.07) is 3.60. The molecule has 2 amide bonds. The average molecular weight is 454 g/mol. The first-order chi connectivity index (χ1) is 15.3. The van der Waals surface area contributed by atoms with Crippen molar-refractivity contribution in [2.24, 2.45) is 5.92 Å². The van der Waals surface area contributed by atoms with Crippen LogP contribution in [0.5, 0.6) is 0 Å². The van der Waals surface area contributed by atoms with Crippen LogP contribution in [-0.2, 0) is 26.9 Å². The van der Waals surface area contributed by atoms with E-state index in [0.29, 0.717) is 58.0 Å². The lowest BCUT2D eigenvalue weighted by atomic mass is 9.82. The van der Waals surface area contributed by atoms with E-state index in [4.69, 9.17) is 4.74 Å². The van der Waals surface area contributed by atoms with Crippen LogP contribution >= 0.6 is 0 Å². The number of nitrogens with one attached hydrogen (secondary N) is 1. The molecule has 1 aromatic rings. The van der Waals surface area contributed by atoms with Gasteiger partial charge in [-0.2, -0.15) is 13.2 Å². The number of rotatable bonds is 4. The summed E-state index contributed by atoms with van der Waals surface area (Å²) in [7, 11) is 0. The summed E-state index contributed by atoms with van der Waals surface area (Å²) < 4.78 is 45.1. The van der Waals surface area contributed by atoms with E-state index < -0.39 is 17.7 Å². The molecule has 4 rings (SSSR count). The molecule has 3 heterocycles. The zero-order valence-electron chi connectivity index (χ0n) is 18.2. The molecule has 0 unspecified atom stereocenters. The highest BCUT2D eigenvalue weighted by Gasteiger charge is 2.43. The van der Waals surface area contributed by atoms with Crippen LogP contribution in [0.2, 0.25) is 0 Å². The van der Waals surface area contributed by atoms with E-state index in [1.54, 1.807) is 4.90 Å². The largest absolute Gasteiger partial charge is 0.416 e. The molecule has 7 nitrogen and oxygen atoms in total. The van der Waals surface area contributed by atoms with Crippen molar-refractivity contribution in [2.75, 3.05) is 63.9 Å². The summed E-state index contributed by atoms with van der Waals surface area (Å²) in [4.78, 5) is 31.5. The fourth-order valence-electron chi connectivity index (χ4n) is 4.91. The SMILES string of the molecule is CCNC(=O)[C@H]1Cc2cc(C(F)(F)F)ccc2N2CCN(CC(=O)N3CCOCC3)C[C@@H]12. The normalized spacial score (nSPS) is 24.0. The topological polar surface area (TPSA) is 65.1 Å². The summed E-state index contributed by atoms with van der Waals surface area (Å²) in [6.45, 7) is 6.46. The molecule has 3 aliphatic rings. The Kier molecular flexibility index (Phi) is 6.62. The first-order valence-electron chi connectivity index (χ1n) is 11.1. The highest BCUT2D eigenvalue weighted by molar-refractivity contribution is 5.82. The fourth-order valence-corrected chi connectivity index (χ4v) is 4.91. The number of piperazine rings is 1. The zero-order valence-corrected chi connectivity index (χ0v) is 18.2. The number of morpholine rings is 1. The Morgan fingerprint density at radius 1 is 1.16 bits per heavy atom. The second-order valence-electron chi connectivity index (χ2n) is 8.54. The molecule has 10 heteroatoms. The minimum Gasteiger partial charge on any atom is -0.378 e. The van der Waals surface area contributed by atoms with E-state index in [2.05, 4.69) is 15.1 Å². The van der Waals surface area contributed by atoms with Crippen molar-refractivity contribution in [1.82, 2.24) is 15.1 Å². The van der Waals surface area contributed by atoms with Crippen LogP contribution in [0.3, 0.4) is 0 Å². The lowest BCUT2D eigenvalue weighted by Crippen LogP contribution is -2.62. The van der Waals surface area contributed by atoms with Crippen LogP contribution in [0, 0.1) is 5.92 Å². The molecule has 2 saturated heterocycles. The zero-order chi connectivity index (χ0) is 22.9. The second kappa shape index (κ2) is 9.27. The number of alkyl halides is 3. The summed E-state index contributed by atoms with van der Waals surface area (Å²) in [5.41, 5.74) is 0.604. The Bertz CT molecular complexity index is 857. The highest BCUT2D eigenvalue weighted by Crippen LogP contribution is 2.39. The van der Waals surface area contributed by atoms with E-state index in [9.17, 15) is 22.8 Å². The number of halogens is 3. The number of anilines is 1. The monoisotopic (exact) mass is 454 g/mol. The standard InChI is InChI=1S/C22H29F3N4O3/c1-2-26-21(31)17-12-15-11-16(22(23,24)25)3-4-18(15)29-6-5-27(13-19(17)29)14-20(30)28-7-9-32-10-8-28/h3-4,11,17,19H,2,5-10,12-14H2,1H3,(H,26,31)/t17-,19-/m0/s1. The summed E-state index contributed by atoms with van der Waals surface area (Å²) in [5, 5.41) is 2.84. The Labute approximate surface area is 185 Å². The number of benzene rings is 1. The van der Waals surface area contributed by atoms with Crippen LogP contribution in [0.15, 0.2) is 18.2 Å². The number of carbonyl (C=O) groups excluding carboxylic acids is 2. The van der Waals surface area contributed by atoms with E-state index in [-0.39, 0.29) is 30.8 Å². The molecule has 1 N–H and O–H groups in total. The third kappa shape index (κ3) is 4.71. The maximum atomic E-state index is 13.3. The van der Waals surface area contributed by atoms with Gasteiger partial charge in [0.25, 0.3) is 0 Å². The number of carbonyl (C=O) groups is 2. The summed E-state index contributed by atoms with van der Waals surface area (Å²) in [5.74, 6) is -0.596. The van der Waals surface area contributed by atoms with Crippen molar-refractivity contribution < 1.29 is 27.5 Å². The van der Waals surface area contributed by atoms with Crippen LogP contribution < -0.4 is 10.2 Å². The minimum absolute atomic E-state index is 0.0438. The Hall–Kier alpha value is -2.33. The predicted molar refractivity (Wildman–Crippen MR) is 112 cm³/mol. The maximum absolute atomic E-state index is 13.3. The molecule has 0 bridgehead atoms. The number of hydrogen-bond acceptors (Lipinski definition) is 5. The molecule has 2 fully saturated rings. The van der Waals surface area contributed by atoms with Gasteiger partial charge in [0.15, 0.2) is 0 Å². The Balaban J connectivity index is 1.54. The number of nitrogens with zero attached hydrogens (tertiary/aromatic N) is 3. The van der Waals surface area contributed by atoms with Gasteiger partial charge in [-0.15, -0.1) is 0 Å². The molecule has 3 aliphatic heterocycles. The van der Waals surface area contributed by atoms with Gasteiger partial charge in [-0.1, -0.05) is 0 Å². The van der Waals surface area contributed by atoms with Gasteiger partial charge in [-0.05, 0) is 37.1 Å². The predicted octanol–water partition coefficient (Wildman–Crippen LogP) is 1.36. The first kappa shape index (κ1) is 22.8. The molecule has 0 aromatic heterocycles. The third-order valence-electron chi connectivity index (χ3n) is 6.53. The quantitative estimate of drug-likeness (QED) is 0.745. The van der Waals surface area contributed by atoms with Gasteiger partial charge in [-0.25, -0.2) is 0 Å². The van der Waals surface area contributed by atoms with Gasteiger partial charge in [-0.3, -0.25) is 14.5 Å². The molecular formula is C22H29F3N4O3. The average Bonchev–Trinajstić information content (AvgIpc) is 2.78. The lowest BCUT2D eigenvalue weighted by Gasteiger charge is -2.49. The molecule has 0 saturated carbocycles. The molecule has 176 valence electrons. The van der Waals surface area contributed by atoms with Gasteiger partial charge in [0.05, 0.1) is 37.3 Å². The summed E-state index contributed by atoms with van der Waals surface area (Å²) >= 11 is 0. The van der Waals surface area contributed by atoms with Crippen LogP contribution in [-0.4, -0.2) is 86.7 Å². The molecule has 2 atom stereocenters. The van der Waals surface area contributed by atoms with Crippen molar-refractivity contribution in [3.8, 4) is 0 Å². The minimum atomic E-state index is -4.42. The maximum Gasteiger partial charge on any atom is 0.416 e. The molecule has 1 aromatic carbocycles. The van der Waals surface area contributed by atoms with Crippen LogP contribution in [0.25, 0.3) is 0 Å². The van der Waals surface area contributed by atoms with Crippen molar-refractivity contribution in [3.63, 3.8) is 0 Å². The van der Waals surface area contributed by atoms with Gasteiger partial charge >= 0.3 is 6.18 Å². The van der Waals surface area contributed by atoms with Crippen molar-refractivity contribution >= 4 is 17.5 Å². The van der Waals surface area contributed by atoms with Gasteiger partial charge in [0.1, 0.15) is 0 Å². The van der Waals surface area contributed by atoms with Gasteiger partial charge in [0, 0.05) is 45.0 Å². The third-order valence-corrected chi connectivity index (χ3v) is 6.53. The Morgan fingerprint density at radius 2 is 1.91 bits per heavy atom. The molecular weight excluding hydrogens is 425 g/mol. The molecule has 0 aliphatic carbocycles. The number of amides is 2. The first-order valence-corrected chi connectivity index (χ1v) is 11.1. The van der Waals surface area contributed by atoms with Crippen LogP contribution in [0.4, 0.5) is 18.9 Å². The number of fused-ring (bicyclic) bond motifs is 3. The van der Waals surface area contributed by atoms with Crippen molar-refractivity contribution in [3.05, 3.63) is 29.3 Å². The highest BCUT2D eigenvalue weighted by atomic mass is 19.4. The number of ether oxygens (including phenoxy) is 1. The van der Waals surface area contributed by atoms with E-state index >= 15 is 0 Å². The van der Waals surface area contributed by atoms with Gasteiger partial charge in [0.2, 0.25) is 11.8 Å². The number of hydrogen-bond donors (Lipinski definition) is 1. The van der Waals surface area contributed by atoms with Crippen molar-refractivity contribution in [2.45, 2.75) is 25.6 Å². The Morgan fingerprint density at radius 3 is 2.59 bits per heavy atom. The molecule has 0 spiro atoms. The molecule has 32 heavy (non-hydrogen) atoms. The molecule has 0 radical (unpaired) electrons. The van der Waals surface area contributed by atoms with E-state index in [1.807, 2.05) is 6.92 Å².